The Bertz CT molecular complexity index is 971. The van der Waals surface area contributed by atoms with Crippen LogP contribution in [-0.2, 0) is 0 Å². The summed E-state index contributed by atoms with van der Waals surface area (Å²) in [5, 5.41) is 7.25. The zero-order chi connectivity index (χ0) is 14.4. The summed E-state index contributed by atoms with van der Waals surface area (Å²) in [6, 6.07) is 23.3. The fourth-order valence-electron chi connectivity index (χ4n) is 3.11. The van der Waals surface area contributed by atoms with Crippen LogP contribution in [0.4, 0.5) is 0 Å². The lowest BCUT2D eigenvalue weighted by Crippen LogP contribution is -2.20. The summed E-state index contributed by atoms with van der Waals surface area (Å²) < 4.78 is 0. The van der Waals surface area contributed by atoms with Crippen LogP contribution >= 0.6 is 0 Å². The molecule has 0 aliphatic rings. The van der Waals surface area contributed by atoms with Crippen molar-refractivity contribution < 1.29 is 0 Å². The smallest absolute Gasteiger partial charge is 0.0790 e. The van der Waals surface area contributed by atoms with Gasteiger partial charge in [0.1, 0.15) is 0 Å². The van der Waals surface area contributed by atoms with Crippen LogP contribution < -0.4 is 11.5 Å². The summed E-state index contributed by atoms with van der Waals surface area (Å²) in [5.41, 5.74) is 12.9. The molecule has 0 bridgehead atoms. The van der Waals surface area contributed by atoms with Crippen molar-refractivity contribution in [3.8, 4) is 0 Å². The molecule has 4 N–H and O–H groups in total. The van der Waals surface area contributed by atoms with E-state index in [9.17, 15) is 0 Å². The van der Waals surface area contributed by atoms with Gasteiger partial charge in [-0.3, -0.25) is 0 Å². The molecule has 2 nitrogen and oxygen atoms in total. The van der Waals surface area contributed by atoms with Crippen LogP contribution in [0.15, 0.2) is 66.7 Å². The molecule has 0 spiro atoms. The van der Waals surface area contributed by atoms with Gasteiger partial charge in [-0.2, -0.15) is 0 Å². The predicted molar refractivity (Wildman–Crippen MR) is 90.1 cm³/mol. The molecular weight excluding hydrogens is 256 g/mol. The highest BCUT2D eigenvalue weighted by atomic mass is 14.8. The summed E-state index contributed by atoms with van der Waals surface area (Å²) in [7, 11) is 0. The van der Waals surface area contributed by atoms with E-state index in [1.54, 1.807) is 0 Å². The zero-order valence-corrected chi connectivity index (χ0v) is 11.6. The average Bonchev–Trinajstić information content (AvgIpc) is 2.52. The molecule has 102 valence electrons. The second-order valence-corrected chi connectivity index (χ2v) is 5.46. The monoisotopic (exact) mass is 272 g/mol. The van der Waals surface area contributed by atoms with Gasteiger partial charge in [-0.25, -0.2) is 0 Å². The fourth-order valence-corrected chi connectivity index (χ4v) is 3.11. The highest BCUT2D eigenvalue weighted by Crippen LogP contribution is 2.32. The molecule has 0 saturated heterocycles. The van der Waals surface area contributed by atoms with E-state index in [1.165, 1.54) is 26.9 Å². The minimum absolute atomic E-state index is 0.467. The van der Waals surface area contributed by atoms with Gasteiger partial charge in [-0.05, 0) is 50.0 Å². The molecule has 4 aromatic carbocycles. The van der Waals surface area contributed by atoms with Crippen molar-refractivity contribution >= 4 is 32.3 Å². The minimum atomic E-state index is -0.467. The van der Waals surface area contributed by atoms with Gasteiger partial charge < -0.3 is 11.5 Å². The third-order valence-electron chi connectivity index (χ3n) is 4.12. The van der Waals surface area contributed by atoms with Crippen molar-refractivity contribution in [3.05, 3.63) is 72.3 Å². The Hall–Kier alpha value is -2.42. The van der Waals surface area contributed by atoms with Crippen molar-refractivity contribution in [2.24, 2.45) is 11.5 Å². The lowest BCUT2D eigenvalue weighted by Gasteiger charge is -2.13. The number of nitrogens with two attached hydrogens (primary N) is 2. The Morgan fingerprint density at radius 1 is 0.619 bits per heavy atom. The normalized spacial score (nSPS) is 11.8. The van der Waals surface area contributed by atoms with Gasteiger partial charge >= 0.3 is 0 Å². The molecule has 0 fully saturated rings. The Kier molecular flexibility index (Phi) is 2.67. The number of fused-ring (bicyclic) bond motifs is 4. The molecule has 4 rings (SSSR count). The third-order valence-corrected chi connectivity index (χ3v) is 4.12. The van der Waals surface area contributed by atoms with Crippen molar-refractivity contribution in [3.63, 3.8) is 0 Å². The molecule has 0 atom stereocenters. The Labute approximate surface area is 123 Å². The van der Waals surface area contributed by atoms with Gasteiger partial charge in [0.05, 0.1) is 6.17 Å². The lowest BCUT2D eigenvalue weighted by atomic mass is 9.94. The molecule has 0 radical (unpaired) electrons. The van der Waals surface area contributed by atoms with Crippen LogP contribution in [0.25, 0.3) is 32.3 Å². The van der Waals surface area contributed by atoms with Gasteiger partial charge in [0.15, 0.2) is 0 Å². The summed E-state index contributed by atoms with van der Waals surface area (Å²) in [6.45, 7) is 0. The van der Waals surface area contributed by atoms with E-state index in [0.29, 0.717) is 0 Å². The van der Waals surface area contributed by atoms with Crippen molar-refractivity contribution in [1.29, 1.82) is 0 Å². The van der Waals surface area contributed by atoms with Gasteiger partial charge in [-0.15, -0.1) is 0 Å². The standard InChI is InChI=1S/C19H16N2/c20-19(21)16-7-3-6-12-8-9-15-10-13-4-1-2-5-14(13)11-17(15)18(12)16/h1-11,19H,20-21H2. The Morgan fingerprint density at radius 3 is 2.05 bits per heavy atom. The average molecular weight is 272 g/mol. The van der Waals surface area contributed by atoms with Gasteiger partial charge in [0, 0.05) is 0 Å². The second-order valence-electron chi connectivity index (χ2n) is 5.46. The van der Waals surface area contributed by atoms with Crippen LogP contribution in [0.5, 0.6) is 0 Å². The van der Waals surface area contributed by atoms with Crippen molar-refractivity contribution in [1.82, 2.24) is 0 Å². The van der Waals surface area contributed by atoms with Crippen molar-refractivity contribution in [2.75, 3.05) is 0 Å². The van der Waals surface area contributed by atoms with Crippen LogP contribution in [0, 0.1) is 0 Å². The van der Waals surface area contributed by atoms with E-state index >= 15 is 0 Å². The third kappa shape index (κ3) is 1.88. The Balaban J connectivity index is 2.24. The molecule has 0 saturated carbocycles. The first-order valence-corrected chi connectivity index (χ1v) is 7.09. The fraction of sp³-hybridized carbons (Fsp3) is 0.0526. The maximum atomic E-state index is 5.96. The summed E-state index contributed by atoms with van der Waals surface area (Å²) in [4.78, 5) is 0. The van der Waals surface area contributed by atoms with E-state index in [-0.39, 0.29) is 0 Å². The van der Waals surface area contributed by atoms with Crippen LogP contribution in [-0.4, -0.2) is 0 Å². The number of benzene rings is 4. The molecule has 0 heterocycles. The van der Waals surface area contributed by atoms with Crippen LogP contribution in [0.3, 0.4) is 0 Å². The number of rotatable bonds is 1. The SMILES string of the molecule is NC(N)c1cccc2ccc3cc4ccccc4cc3c12. The van der Waals surface area contributed by atoms with Gasteiger partial charge in [-0.1, -0.05) is 54.6 Å². The lowest BCUT2D eigenvalue weighted by molar-refractivity contribution is 0.782. The topological polar surface area (TPSA) is 52.0 Å². The highest BCUT2D eigenvalue weighted by molar-refractivity contribution is 6.13. The maximum Gasteiger partial charge on any atom is 0.0790 e. The van der Waals surface area contributed by atoms with Crippen LogP contribution in [0.1, 0.15) is 11.7 Å². The first-order chi connectivity index (χ1) is 10.2. The van der Waals surface area contributed by atoms with E-state index in [1.807, 2.05) is 12.1 Å². The number of hydrogen-bond acceptors (Lipinski definition) is 2. The molecule has 0 unspecified atom stereocenters. The molecule has 0 aromatic heterocycles. The summed E-state index contributed by atoms with van der Waals surface area (Å²) in [6.07, 6.45) is -0.467. The first-order valence-electron chi connectivity index (χ1n) is 7.09. The number of hydrogen-bond donors (Lipinski definition) is 2. The van der Waals surface area contributed by atoms with Gasteiger partial charge in [0.2, 0.25) is 0 Å². The van der Waals surface area contributed by atoms with Crippen LogP contribution in [0.2, 0.25) is 0 Å². The zero-order valence-electron chi connectivity index (χ0n) is 11.6. The molecular formula is C19H16N2. The van der Waals surface area contributed by atoms with E-state index in [4.69, 9.17) is 11.5 Å². The molecule has 0 aliphatic carbocycles. The molecule has 4 aromatic rings. The summed E-state index contributed by atoms with van der Waals surface area (Å²) >= 11 is 0. The van der Waals surface area contributed by atoms with Gasteiger partial charge in [0.25, 0.3) is 0 Å². The maximum absolute atomic E-state index is 5.96. The van der Waals surface area contributed by atoms with E-state index < -0.39 is 6.17 Å². The van der Waals surface area contributed by atoms with E-state index in [2.05, 4.69) is 54.6 Å². The largest absolute Gasteiger partial charge is 0.312 e. The first kappa shape index (κ1) is 12.3. The molecule has 2 heteroatoms. The van der Waals surface area contributed by atoms with E-state index in [0.717, 1.165) is 10.9 Å². The second kappa shape index (κ2) is 4.55. The quantitative estimate of drug-likeness (QED) is 0.312. The Morgan fingerprint density at radius 2 is 1.29 bits per heavy atom. The highest BCUT2D eigenvalue weighted by Gasteiger charge is 2.09. The molecule has 0 aliphatic heterocycles. The summed E-state index contributed by atoms with van der Waals surface area (Å²) in [5.74, 6) is 0. The van der Waals surface area contributed by atoms with Crippen molar-refractivity contribution in [2.45, 2.75) is 6.17 Å². The molecule has 21 heavy (non-hydrogen) atoms. The predicted octanol–water partition coefficient (Wildman–Crippen LogP) is 4.06. The molecule has 0 amide bonds. The minimum Gasteiger partial charge on any atom is -0.312 e.